The molecule has 6 nitrogen and oxygen atoms in total. The lowest BCUT2D eigenvalue weighted by Gasteiger charge is -2.36. The summed E-state index contributed by atoms with van der Waals surface area (Å²) < 4.78 is 40.5. The summed E-state index contributed by atoms with van der Waals surface area (Å²) >= 11 is 3.89. The molecule has 0 aliphatic carbocycles. The number of fused-ring (bicyclic) bond motifs is 1. The average molecular weight is 820 g/mol. The highest BCUT2D eigenvalue weighted by Crippen LogP contribution is 2.50. The molecule has 0 N–H and O–H groups in total. The van der Waals surface area contributed by atoms with Crippen LogP contribution in [0.5, 0.6) is 28.7 Å². The van der Waals surface area contributed by atoms with Crippen LogP contribution >= 0.6 is 15.9 Å². The van der Waals surface area contributed by atoms with E-state index < -0.39 is 6.10 Å². The predicted octanol–water partition coefficient (Wildman–Crippen LogP) is 12.0. The van der Waals surface area contributed by atoms with Gasteiger partial charge in [0.25, 0.3) is 0 Å². The van der Waals surface area contributed by atoms with Crippen LogP contribution in [0.25, 0.3) is 0 Å². The molecule has 1 heterocycles. The van der Waals surface area contributed by atoms with Crippen LogP contribution in [0.2, 0.25) is 0 Å². The van der Waals surface area contributed by atoms with Crippen LogP contribution in [0.1, 0.15) is 45.0 Å². The summed E-state index contributed by atoms with van der Waals surface area (Å²) in [5.74, 6) is 3.23. The Morgan fingerprint density at radius 3 is 1.35 bits per heavy atom. The minimum Gasteiger partial charge on any atom is -0.488 e. The van der Waals surface area contributed by atoms with Crippen molar-refractivity contribution in [3.8, 4) is 28.7 Å². The summed E-state index contributed by atoms with van der Waals surface area (Å²) in [7, 11) is 0. The van der Waals surface area contributed by atoms with Crippen molar-refractivity contribution >= 4 is 15.9 Å². The smallest absolute Gasteiger partial charge is 0.162 e. The molecular weight excluding hydrogens is 776 g/mol. The van der Waals surface area contributed by atoms with Gasteiger partial charge in [-0.15, -0.1) is 0 Å². The summed E-state index contributed by atoms with van der Waals surface area (Å²) in [6.07, 6.45) is -0.356. The molecule has 0 saturated heterocycles. The van der Waals surface area contributed by atoms with Gasteiger partial charge in [0.1, 0.15) is 54.3 Å². The number of rotatable bonds is 16. The Bertz CT molecular complexity index is 2320. The third-order valence-corrected chi connectivity index (χ3v) is 10.5. The Hall–Kier alpha value is -6.02. The van der Waals surface area contributed by atoms with Crippen LogP contribution < -0.4 is 23.7 Å². The van der Waals surface area contributed by atoms with Gasteiger partial charge in [0.05, 0.1) is 6.61 Å². The topological polar surface area (TPSA) is 55.4 Å². The lowest BCUT2D eigenvalue weighted by atomic mass is 9.93. The summed E-state index contributed by atoms with van der Waals surface area (Å²) in [6, 6.07) is 58.7. The van der Waals surface area contributed by atoms with E-state index in [9.17, 15) is 0 Å². The van der Waals surface area contributed by atoms with Crippen molar-refractivity contribution in [2.75, 3.05) is 0 Å². The molecule has 7 aromatic carbocycles. The highest BCUT2D eigenvalue weighted by molar-refractivity contribution is 9.10. The van der Waals surface area contributed by atoms with E-state index >= 15 is 0 Å². The molecule has 286 valence electrons. The van der Waals surface area contributed by atoms with Crippen molar-refractivity contribution in [1.29, 1.82) is 0 Å². The molecule has 2 atom stereocenters. The Kier molecular flexibility index (Phi) is 12.5. The standard InChI is InChI=1S/C50H43BrO6/c51-48-46(55-34-39-22-12-4-13-23-39)30-44(53-32-37-18-8-2-9-19-37)42-29-47(56-35-40-24-14-5-15-25-40)49(57-50(42)48)41-26-27-43(52-31-36-16-6-1-7-17-36)45(28-41)54-33-38-20-10-3-11-21-38/h1-28,30,47,49H,29,31-35H2/t47-,49-/m1/s1. The van der Waals surface area contributed by atoms with E-state index in [0.29, 0.717) is 68.2 Å². The molecule has 0 saturated carbocycles. The number of halogens is 1. The van der Waals surface area contributed by atoms with Gasteiger partial charge in [-0.1, -0.05) is 158 Å². The maximum absolute atomic E-state index is 7.09. The molecule has 0 fully saturated rings. The van der Waals surface area contributed by atoms with Crippen LogP contribution in [0.4, 0.5) is 0 Å². The number of benzene rings is 7. The fourth-order valence-corrected chi connectivity index (χ4v) is 7.33. The van der Waals surface area contributed by atoms with Crippen LogP contribution in [0, 0.1) is 0 Å². The van der Waals surface area contributed by atoms with Gasteiger partial charge in [-0.3, -0.25) is 0 Å². The summed E-state index contributed by atoms with van der Waals surface area (Å²) in [4.78, 5) is 0. The normalized spacial score (nSPS) is 14.5. The van der Waals surface area contributed by atoms with E-state index in [0.717, 1.165) is 43.4 Å². The van der Waals surface area contributed by atoms with Crippen LogP contribution in [0.3, 0.4) is 0 Å². The maximum atomic E-state index is 7.09. The molecule has 0 spiro atoms. The lowest BCUT2D eigenvalue weighted by molar-refractivity contribution is -0.0472. The van der Waals surface area contributed by atoms with Crippen molar-refractivity contribution in [2.45, 2.75) is 51.7 Å². The van der Waals surface area contributed by atoms with E-state index in [2.05, 4.69) is 52.3 Å². The van der Waals surface area contributed by atoms with Crippen molar-refractivity contribution in [3.05, 3.63) is 219 Å². The maximum Gasteiger partial charge on any atom is 0.162 e. The zero-order valence-corrected chi connectivity index (χ0v) is 33.1. The van der Waals surface area contributed by atoms with Gasteiger partial charge in [-0.2, -0.15) is 0 Å². The van der Waals surface area contributed by atoms with E-state index in [1.54, 1.807) is 0 Å². The van der Waals surface area contributed by atoms with Gasteiger partial charge in [0.2, 0.25) is 0 Å². The first-order valence-electron chi connectivity index (χ1n) is 19.1. The Balaban J connectivity index is 1.16. The first kappa shape index (κ1) is 37.9. The largest absolute Gasteiger partial charge is 0.488 e. The van der Waals surface area contributed by atoms with Crippen molar-refractivity contribution in [2.24, 2.45) is 0 Å². The van der Waals surface area contributed by atoms with Gasteiger partial charge in [0, 0.05) is 18.1 Å². The monoisotopic (exact) mass is 818 g/mol. The lowest BCUT2D eigenvalue weighted by Crippen LogP contribution is -2.33. The highest BCUT2D eigenvalue weighted by atomic mass is 79.9. The highest BCUT2D eigenvalue weighted by Gasteiger charge is 2.37. The van der Waals surface area contributed by atoms with E-state index in [1.165, 1.54) is 0 Å². The Morgan fingerprint density at radius 1 is 0.439 bits per heavy atom. The molecule has 0 aromatic heterocycles. The first-order valence-corrected chi connectivity index (χ1v) is 19.9. The quantitative estimate of drug-likeness (QED) is 0.0968. The molecule has 57 heavy (non-hydrogen) atoms. The number of hydrogen-bond donors (Lipinski definition) is 0. The second-order valence-electron chi connectivity index (χ2n) is 13.9. The van der Waals surface area contributed by atoms with E-state index in [1.807, 2.05) is 140 Å². The third kappa shape index (κ3) is 9.87. The summed E-state index contributed by atoms with van der Waals surface area (Å²) in [5.41, 5.74) is 7.11. The molecule has 0 unspecified atom stereocenters. The van der Waals surface area contributed by atoms with Crippen LogP contribution in [0.15, 0.2) is 180 Å². The van der Waals surface area contributed by atoms with Crippen LogP contribution in [-0.2, 0) is 44.2 Å². The zero-order chi connectivity index (χ0) is 38.7. The fourth-order valence-electron chi connectivity index (χ4n) is 6.77. The molecule has 1 aliphatic rings. The molecule has 0 bridgehead atoms. The third-order valence-electron chi connectivity index (χ3n) is 9.79. The molecule has 7 aromatic rings. The molecule has 0 amide bonds. The first-order chi connectivity index (χ1) is 28.2. The van der Waals surface area contributed by atoms with E-state index in [-0.39, 0.29) is 6.10 Å². The van der Waals surface area contributed by atoms with Gasteiger partial charge in [-0.05, 0) is 61.4 Å². The van der Waals surface area contributed by atoms with Crippen molar-refractivity contribution in [1.82, 2.24) is 0 Å². The molecule has 1 aliphatic heterocycles. The van der Waals surface area contributed by atoms with Crippen molar-refractivity contribution < 1.29 is 28.4 Å². The van der Waals surface area contributed by atoms with Gasteiger partial charge >= 0.3 is 0 Å². The molecule has 7 heteroatoms. The second kappa shape index (κ2) is 18.7. The predicted molar refractivity (Wildman–Crippen MR) is 226 cm³/mol. The van der Waals surface area contributed by atoms with Gasteiger partial charge in [0.15, 0.2) is 17.6 Å². The Labute approximate surface area is 342 Å². The van der Waals surface area contributed by atoms with Crippen LogP contribution in [-0.4, -0.2) is 6.10 Å². The minimum atomic E-state index is -0.508. The summed E-state index contributed by atoms with van der Waals surface area (Å²) in [5, 5.41) is 0. The zero-order valence-electron chi connectivity index (χ0n) is 31.5. The summed E-state index contributed by atoms with van der Waals surface area (Å²) in [6.45, 7) is 1.97. The number of ether oxygens (including phenoxy) is 6. The molecule has 0 radical (unpaired) electrons. The van der Waals surface area contributed by atoms with E-state index in [4.69, 9.17) is 28.4 Å². The molecule has 8 rings (SSSR count). The fraction of sp³-hybridized carbons (Fsp3) is 0.160. The second-order valence-corrected chi connectivity index (χ2v) is 14.7. The SMILES string of the molecule is Brc1c(OCc2ccccc2)cc(OCc2ccccc2)c2c1O[C@H](c1ccc(OCc3ccccc3)c(OCc3ccccc3)c1)[C@H](OCc1ccccc1)C2. The average Bonchev–Trinajstić information content (AvgIpc) is 3.28. The minimum absolute atomic E-state index is 0.377. The van der Waals surface area contributed by atoms with Gasteiger partial charge in [-0.25, -0.2) is 0 Å². The Morgan fingerprint density at radius 2 is 0.860 bits per heavy atom. The van der Waals surface area contributed by atoms with Gasteiger partial charge < -0.3 is 28.4 Å². The van der Waals surface area contributed by atoms with Crippen molar-refractivity contribution in [3.63, 3.8) is 0 Å². The molecular formula is C50H43BrO6. The number of hydrogen-bond acceptors (Lipinski definition) is 6.